The Morgan fingerprint density at radius 2 is 1.92 bits per heavy atom. The molecule has 0 bridgehead atoms. The first kappa shape index (κ1) is 19.1. The van der Waals surface area contributed by atoms with Crippen molar-refractivity contribution in [1.82, 2.24) is 9.55 Å². The van der Waals surface area contributed by atoms with Crippen LogP contribution in [0, 0.1) is 0 Å². The number of fused-ring (bicyclic) bond motifs is 1. The van der Waals surface area contributed by atoms with Gasteiger partial charge in [-0.3, -0.25) is 23.7 Å². The van der Waals surface area contributed by atoms with Crippen molar-refractivity contribution >= 4 is 34.6 Å². The van der Waals surface area contributed by atoms with Gasteiger partial charge >= 0.3 is 5.97 Å². The van der Waals surface area contributed by atoms with E-state index in [4.69, 9.17) is 10.5 Å². The maximum atomic E-state index is 12.6. The van der Waals surface area contributed by atoms with Gasteiger partial charge in [-0.05, 0) is 39.0 Å². The third-order valence-electron chi connectivity index (χ3n) is 3.21. The molecular weight excluding hydrogens is 340 g/mol. The number of carbonyl (C=O) groups is 3. The maximum Gasteiger partial charge on any atom is 0.326 e. The van der Waals surface area contributed by atoms with E-state index in [-0.39, 0.29) is 22.9 Å². The number of hydrogen-bond donors (Lipinski definition) is 2. The summed E-state index contributed by atoms with van der Waals surface area (Å²) in [5.41, 5.74) is 3.61. The predicted molar refractivity (Wildman–Crippen MR) is 94.7 cm³/mol. The largest absolute Gasteiger partial charge is 0.459 e. The van der Waals surface area contributed by atoms with Crippen LogP contribution in [0.15, 0.2) is 23.0 Å². The number of nitrogens with one attached hydrogen (secondary N) is 1. The number of nitrogens with zero attached hydrogens (tertiary/aromatic N) is 2. The fourth-order valence-corrected chi connectivity index (χ4v) is 2.32. The second kappa shape index (κ2) is 6.95. The Kier molecular flexibility index (Phi) is 5.10. The number of hydrogen-bond acceptors (Lipinski definition) is 6. The molecule has 0 fully saturated rings. The number of pyridine rings is 2. The summed E-state index contributed by atoms with van der Waals surface area (Å²) < 4.78 is 6.24. The SMILES string of the molecule is CC(=O)Nc1ccc2cc(C(N)=O)c(=O)n(CC(=O)OC(C)(C)C)c2n1. The van der Waals surface area contributed by atoms with E-state index >= 15 is 0 Å². The molecule has 3 N–H and O–H groups in total. The summed E-state index contributed by atoms with van der Waals surface area (Å²) in [4.78, 5) is 51.7. The Morgan fingerprint density at radius 1 is 1.27 bits per heavy atom. The molecule has 2 aromatic rings. The van der Waals surface area contributed by atoms with Crippen LogP contribution in [0.2, 0.25) is 0 Å². The number of esters is 1. The van der Waals surface area contributed by atoms with Gasteiger partial charge in [-0.2, -0.15) is 0 Å². The van der Waals surface area contributed by atoms with E-state index in [1.54, 1.807) is 26.8 Å². The number of anilines is 1. The van der Waals surface area contributed by atoms with Gasteiger partial charge in [-0.1, -0.05) is 0 Å². The molecule has 26 heavy (non-hydrogen) atoms. The molecule has 0 aromatic carbocycles. The zero-order valence-electron chi connectivity index (χ0n) is 15.0. The molecule has 0 unspecified atom stereocenters. The minimum Gasteiger partial charge on any atom is -0.459 e. The van der Waals surface area contributed by atoms with Crippen molar-refractivity contribution < 1.29 is 19.1 Å². The highest BCUT2D eigenvalue weighted by molar-refractivity contribution is 5.96. The van der Waals surface area contributed by atoms with Crippen molar-refractivity contribution in [2.45, 2.75) is 39.8 Å². The Hall–Kier alpha value is -3.23. The Morgan fingerprint density at radius 3 is 2.46 bits per heavy atom. The lowest BCUT2D eigenvalue weighted by atomic mass is 10.2. The van der Waals surface area contributed by atoms with Crippen LogP contribution in [0.1, 0.15) is 38.1 Å². The van der Waals surface area contributed by atoms with Crippen molar-refractivity contribution in [3.05, 3.63) is 34.1 Å². The average Bonchev–Trinajstić information content (AvgIpc) is 2.47. The van der Waals surface area contributed by atoms with Gasteiger partial charge < -0.3 is 15.8 Å². The first-order valence-electron chi connectivity index (χ1n) is 7.82. The highest BCUT2D eigenvalue weighted by Crippen LogP contribution is 2.16. The summed E-state index contributed by atoms with van der Waals surface area (Å²) in [5, 5.41) is 2.91. The van der Waals surface area contributed by atoms with Crippen molar-refractivity contribution in [3.8, 4) is 0 Å². The minimum atomic E-state index is -0.916. The van der Waals surface area contributed by atoms with Gasteiger partial charge in [0.15, 0.2) is 0 Å². The first-order chi connectivity index (χ1) is 12.0. The summed E-state index contributed by atoms with van der Waals surface area (Å²) in [7, 11) is 0. The third kappa shape index (κ3) is 4.44. The van der Waals surface area contributed by atoms with Crippen molar-refractivity contribution in [2.24, 2.45) is 5.73 Å². The van der Waals surface area contributed by atoms with E-state index in [2.05, 4.69) is 10.3 Å². The molecule has 0 aliphatic rings. The van der Waals surface area contributed by atoms with Crippen LogP contribution in [0.25, 0.3) is 11.0 Å². The van der Waals surface area contributed by atoms with Crippen LogP contribution in [-0.2, 0) is 20.9 Å². The molecular formula is C17H20N4O5. The molecule has 2 heterocycles. The summed E-state index contributed by atoms with van der Waals surface area (Å²) in [6.07, 6.45) is 0. The molecule has 0 radical (unpaired) electrons. The van der Waals surface area contributed by atoms with E-state index in [0.29, 0.717) is 5.39 Å². The molecule has 9 nitrogen and oxygen atoms in total. The molecule has 0 atom stereocenters. The second-order valence-corrected chi connectivity index (χ2v) is 6.69. The lowest BCUT2D eigenvalue weighted by molar-refractivity contribution is -0.155. The van der Waals surface area contributed by atoms with Gasteiger partial charge in [-0.15, -0.1) is 0 Å². The van der Waals surface area contributed by atoms with Gasteiger partial charge in [-0.25, -0.2) is 4.98 Å². The van der Waals surface area contributed by atoms with Crippen molar-refractivity contribution in [2.75, 3.05) is 5.32 Å². The maximum absolute atomic E-state index is 12.6. The summed E-state index contributed by atoms with van der Waals surface area (Å²) in [6, 6.07) is 4.37. The lowest BCUT2D eigenvalue weighted by Crippen LogP contribution is -2.34. The van der Waals surface area contributed by atoms with Crippen LogP contribution in [-0.4, -0.2) is 32.9 Å². The normalized spacial score (nSPS) is 11.2. The van der Waals surface area contributed by atoms with Gasteiger partial charge in [0.2, 0.25) is 5.91 Å². The van der Waals surface area contributed by atoms with E-state index < -0.39 is 29.6 Å². The molecule has 0 aliphatic heterocycles. The van der Waals surface area contributed by atoms with Gasteiger partial charge in [0, 0.05) is 12.3 Å². The molecule has 2 amide bonds. The number of aromatic nitrogens is 2. The molecule has 0 spiro atoms. The number of carbonyl (C=O) groups excluding carboxylic acids is 3. The number of ether oxygens (including phenoxy) is 1. The van der Waals surface area contributed by atoms with E-state index in [0.717, 1.165) is 4.57 Å². The fraction of sp³-hybridized carbons (Fsp3) is 0.353. The molecule has 2 rings (SSSR count). The van der Waals surface area contributed by atoms with Crippen molar-refractivity contribution in [1.29, 1.82) is 0 Å². The topological polar surface area (TPSA) is 133 Å². The molecule has 0 saturated heterocycles. The number of rotatable bonds is 4. The van der Waals surface area contributed by atoms with Crippen LogP contribution < -0.4 is 16.6 Å². The Balaban J connectivity index is 2.63. The highest BCUT2D eigenvalue weighted by atomic mass is 16.6. The number of nitrogens with two attached hydrogens (primary N) is 1. The zero-order valence-corrected chi connectivity index (χ0v) is 15.0. The number of amides is 2. The van der Waals surface area contributed by atoms with Gasteiger partial charge in [0.05, 0.1) is 0 Å². The molecule has 0 aliphatic carbocycles. The quantitative estimate of drug-likeness (QED) is 0.775. The zero-order chi connectivity index (χ0) is 19.6. The van der Waals surface area contributed by atoms with Gasteiger partial charge in [0.25, 0.3) is 11.5 Å². The monoisotopic (exact) mass is 360 g/mol. The Labute approximate surface area is 149 Å². The van der Waals surface area contributed by atoms with Crippen LogP contribution >= 0.6 is 0 Å². The van der Waals surface area contributed by atoms with E-state index in [1.807, 2.05) is 0 Å². The van der Waals surface area contributed by atoms with Crippen LogP contribution in [0.5, 0.6) is 0 Å². The van der Waals surface area contributed by atoms with Crippen LogP contribution in [0.4, 0.5) is 5.82 Å². The third-order valence-corrected chi connectivity index (χ3v) is 3.21. The molecule has 9 heteroatoms. The van der Waals surface area contributed by atoms with E-state index in [1.165, 1.54) is 19.1 Å². The molecule has 2 aromatic heterocycles. The number of primary amides is 1. The smallest absolute Gasteiger partial charge is 0.326 e. The van der Waals surface area contributed by atoms with Crippen LogP contribution in [0.3, 0.4) is 0 Å². The van der Waals surface area contributed by atoms with Crippen molar-refractivity contribution in [3.63, 3.8) is 0 Å². The standard InChI is InChI=1S/C17H20N4O5/c1-9(22)19-12-6-5-10-7-11(14(18)24)16(25)21(15(10)20-12)8-13(23)26-17(2,3)4/h5-7H,8H2,1-4H3,(H2,18,24)(H,19,20,22). The lowest BCUT2D eigenvalue weighted by Gasteiger charge is -2.20. The second-order valence-electron chi connectivity index (χ2n) is 6.69. The average molecular weight is 360 g/mol. The summed E-state index contributed by atoms with van der Waals surface area (Å²) in [5.74, 6) is -1.73. The minimum absolute atomic E-state index is 0.122. The first-order valence-corrected chi connectivity index (χ1v) is 7.82. The molecule has 0 saturated carbocycles. The summed E-state index contributed by atoms with van der Waals surface area (Å²) in [6.45, 7) is 5.94. The Bertz CT molecular complexity index is 956. The fourth-order valence-electron chi connectivity index (χ4n) is 2.32. The highest BCUT2D eigenvalue weighted by Gasteiger charge is 2.21. The summed E-state index contributed by atoms with van der Waals surface area (Å²) >= 11 is 0. The van der Waals surface area contributed by atoms with E-state index in [9.17, 15) is 19.2 Å². The van der Waals surface area contributed by atoms with Gasteiger partial charge in [0.1, 0.15) is 29.2 Å². The molecule has 138 valence electrons. The predicted octanol–water partition coefficient (Wildman–Crippen LogP) is 0.795.